The van der Waals surface area contributed by atoms with Crippen LogP contribution < -0.4 is 0 Å². The summed E-state index contributed by atoms with van der Waals surface area (Å²) in [5.41, 5.74) is 0. The van der Waals surface area contributed by atoms with Crippen LogP contribution >= 0.6 is 11.3 Å². The van der Waals surface area contributed by atoms with Crippen molar-refractivity contribution in [3.63, 3.8) is 0 Å². The van der Waals surface area contributed by atoms with Crippen LogP contribution in [0.1, 0.15) is 19.3 Å². The Bertz CT molecular complexity index is 582. The highest BCUT2D eigenvalue weighted by Gasteiger charge is 2.31. The average Bonchev–Trinajstić information content (AvgIpc) is 3.03. The first-order chi connectivity index (χ1) is 9.68. The van der Waals surface area contributed by atoms with E-state index < -0.39 is 10.0 Å². The van der Waals surface area contributed by atoms with E-state index >= 15 is 0 Å². The van der Waals surface area contributed by atoms with Crippen LogP contribution in [0.2, 0.25) is 0 Å². The minimum absolute atomic E-state index is 0.466. The minimum atomic E-state index is -3.26. The van der Waals surface area contributed by atoms with Crippen molar-refractivity contribution in [1.29, 1.82) is 0 Å². The molecule has 0 spiro atoms. The average molecular weight is 309 g/mol. The van der Waals surface area contributed by atoms with Crippen LogP contribution in [0.4, 0.5) is 0 Å². The largest absolute Gasteiger partial charge is 0.252 e. The molecule has 2 aliphatic rings. The smallest absolute Gasteiger partial charge is 0.206 e. The van der Waals surface area contributed by atoms with Crippen molar-refractivity contribution < 1.29 is 8.42 Å². The van der Waals surface area contributed by atoms with Gasteiger partial charge in [-0.2, -0.15) is 4.31 Å². The van der Waals surface area contributed by atoms with Gasteiger partial charge in [-0.15, -0.1) is 11.3 Å². The summed E-state index contributed by atoms with van der Waals surface area (Å²) in [6, 6.07) is 3.49. The van der Waals surface area contributed by atoms with E-state index in [-0.39, 0.29) is 0 Å². The number of thiophene rings is 1. The quantitative estimate of drug-likeness (QED) is 0.804. The van der Waals surface area contributed by atoms with Gasteiger partial charge in [0, 0.05) is 13.1 Å². The maximum Gasteiger partial charge on any atom is 0.252 e. The highest BCUT2D eigenvalue weighted by molar-refractivity contribution is 7.91. The van der Waals surface area contributed by atoms with Crippen LogP contribution in [0.15, 0.2) is 46.0 Å². The molecule has 1 saturated heterocycles. The molecule has 0 N–H and O–H groups in total. The van der Waals surface area contributed by atoms with Gasteiger partial charge in [0.1, 0.15) is 4.21 Å². The van der Waals surface area contributed by atoms with Gasteiger partial charge in [-0.3, -0.25) is 0 Å². The molecule has 0 unspecified atom stereocenters. The molecule has 2 heterocycles. The van der Waals surface area contributed by atoms with E-state index in [0.29, 0.717) is 29.1 Å². The maximum atomic E-state index is 12.4. The Morgan fingerprint density at radius 3 is 2.45 bits per heavy atom. The fourth-order valence-electron chi connectivity index (χ4n) is 2.97. The van der Waals surface area contributed by atoms with Gasteiger partial charge < -0.3 is 0 Å². The molecule has 0 amide bonds. The van der Waals surface area contributed by atoms with Crippen LogP contribution in [0.25, 0.3) is 0 Å². The lowest BCUT2D eigenvalue weighted by atomic mass is 9.83. The first-order valence-electron chi connectivity index (χ1n) is 7.05. The third-order valence-electron chi connectivity index (χ3n) is 4.12. The minimum Gasteiger partial charge on any atom is -0.206 e. The summed E-state index contributed by atoms with van der Waals surface area (Å²) >= 11 is 1.30. The second-order valence-corrected chi connectivity index (χ2v) is 8.46. The van der Waals surface area contributed by atoms with Crippen molar-refractivity contribution in [1.82, 2.24) is 4.31 Å². The van der Waals surface area contributed by atoms with Crippen LogP contribution in [0.5, 0.6) is 0 Å². The second-order valence-electron chi connectivity index (χ2n) is 5.34. The van der Waals surface area contributed by atoms with Crippen molar-refractivity contribution in [3.8, 4) is 0 Å². The monoisotopic (exact) mass is 309 g/mol. The molecule has 1 aromatic heterocycles. The summed E-state index contributed by atoms with van der Waals surface area (Å²) < 4.78 is 27.0. The third kappa shape index (κ3) is 2.75. The highest BCUT2D eigenvalue weighted by atomic mass is 32.2. The number of rotatable bonds is 3. The lowest BCUT2D eigenvalue weighted by Gasteiger charge is -2.33. The standard InChI is InChI=1S/C15H19NO2S2/c17-20(18,15-7-4-12-19-15)16-10-8-14(9-11-16)13-5-2-1-3-6-13/h2-7,12-14H,1,8-11H2. The summed E-state index contributed by atoms with van der Waals surface area (Å²) in [4.78, 5) is 0. The molecule has 3 rings (SSSR count). The number of hydrogen-bond acceptors (Lipinski definition) is 3. The van der Waals surface area contributed by atoms with E-state index in [1.165, 1.54) is 11.3 Å². The summed E-state index contributed by atoms with van der Waals surface area (Å²) in [5, 5.41) is 1.82. The van der Waals surface area contributed by atoms with Gasteiger partial charge in [-0.1, -0.05) is 30.4 Å². The molecule has 0 atom stereocenters. The zero-order chi connectivity index (χ0) is 14.0. The molecule has 1 aliphatic heterocycles. The number of nitrogens with zero attached hydrogens (tertiary/aromatic N) is 1. The van der Waals surface area contributed by atoms with Crippen molar-refractivity contribution in [2.75, 3.05) is 13.1 Å². The predicted octanol–water partition coefficient (Wildman–Crippen LogP) is 3.28. The van der Waals surface area contributed by atoms with Gasteiger partial charge in [-0.05, 0) is 42.5 Å². The molecule has 0 saturated carbocycles. The Morgan fingerprint density at radius 2 is 1.85 bits per heavy atom. The first-order valence-corrected chi connectivity index (χ1v) is 9.37. The van der Waals surface area contributed by atoms with E-state index in [0.717, 1.165) is 19.3 Å². The number of hydrogen-bond donors (Lipinski definition) is 0. The molecular formula is C15H19NO2S2. The lowest BCUT2D eigenvalue weighted by molar-refractivity contribution is 0.250. The summed E-state index contributed by atoms with van der Waals surface area (Å²) in [6.45, 7) is 1.28. The molecule has 1 fully saturated rings. The molecular weight excluding hydrogens is 290 g/mol. The van der Waals surface area contributed by atoms with Crippen molar-refractivity contribution in [3.05, 3.63) is 41.8 Å². The van der Waals surface area contributed by atoms with Gasteiger partial charge in [0.05, 0.1) is 0 Å². The number of allylic oxidation sites excluding steroid dienone is 4. The lowest BCUT2D eigenvalue weighted by Crippen LogP contribution is -2.39. The Kier molecular flexibility index (Phi) is 4.10. The molecule has 1 aliphatic carbocycles. The highest BCUT2D eigenvalue weighted by Crippen LogP contribution is 2.32. The first kappa shape index (κ1) is 14.0. The molecule has 5 heteroatoms. The summed E-state index contributed by atoms with van der Waals surface area (Å²) in [5.74, 6) is 1.08. The maximum absolute atomic E-state index is 12.4. The zero-order valence-electron chi connectivity index (χ0n) is 11.3. The Morgan fingerprint density at radius 1 is 1.15 bits per heavy atom. The van der Waals surface area contributed by atoms with Crippen LogP contribution in [0, 0.1) is 11.8 Å². The zero-order valence-corrected chi connectivity index (χ0v) is 12.9. The fourth-order valence-corrected chi connectivity index (χ4v) is 5.58. The van der Waals surface area contributed by atoms with E-state index in [1.807, 2.05) is 5.38 Å². The Balaban J connectivity index is 1.65. The van der Waals surface area contributed by atoms with E-state index in [1.54, 1.807) is 16.4 Å². The normalized spacial score (nSPS) is 22.4. The van der Waals surface area contributed by atoms with Gasteiger partial charge >= 0.3 is 0 Å². The van der Waals surface area contributed by atoms with E-state index in [9.17, 15) is 8.42 Å². The SMILES string of the molecule is O=S(=O)(c1cccs1)N1CCC(C2C=CCC=C2)CC1. The van der Waals surface area contributed by atoms with Crippen LogP contribution in [-0.2, 0) is 10.0 Å². The van der Waals surface area contributed by atoms with Crippen molar-refractivity contribution in [2.45, 2.75) is 23.5 Å². The number of piperidine rings is 1. The molecule has 0 radical (unpaired) electrons. The Hall–Kier alpha value is -0.910. The summed E-state index contributed by atoms with van der Waals surface area (Å²) in [6.07, 6.45) is 11.9. The van der Waals surface area contributed by atoms with Gasteiger partial charge in [0.2, 0.25) is 0 Å². The third-order valence-corrected chi connectivity index (χ3v) is 7.39. The van der Waals surface area contributed by atoms with E-state index in [2.05, 4.69) is 24.3 Å². The predicted molar refractivity (Wildman–Crippen MR) is 82.2 cm³/mol. The van der Waals surface area contributed by atoms with E-state index in [4.69, 9.17) is 0 Å². The topological polar surface area (TPSA) is 37.4 Å². The molecule has 20 heavy (non-hydrogen) atoms. The van der Waals surface area contributed by atoms with Gasteiger partial charge in [0.25, 0.3) is 10.0 Å². The number of sulfonamides is 1. The van der Waals surface area contributed by atoms with Crippen LogP contribution in [0.3, 0.4) is 0 Å². The van der Waals surface area contributed by atoms with Gasteiger partial charge in [-0.25, -0.2) is 8.42 Å². The molecule has 0 bridgehead atoms. The summed E-state index contributed by atoms with van der Waals surface area (Å²) in [7, 11) is -3.26. The van der Waals surface area contributed by atoms with Crippen molar-refractivity contribution in [2.24, 2.45) is 11.8 Å². The van der Waals surface area contributed by atoms with Crippen LogP contribution in [-0.4, -0.2) is 25.8 Å². The second kappa shape index (κ2) is 5.84. The van der Waals surface area contributed by atoms with Gasteiger partial charge in [0.15, 0.2) is 0 Å². The Labute approximate surface area is 124 Å². The molecule has 3 nitrogen and oxygen atoms in total. The molecule has 108 valence electrons. The molecule has 0 aromatic carbocycles. The van der Waals surface area contributed by atoms with Crippen molar-refractivity contribution >= 4 is 21.4 Å². The molecule has 1 aromatic rings. The fraction of sp³-hybridized carbons (Fsp3) is 0.467.